The molecule has 0 atom stereocenters. The summed E-state index contributed by atoms with van der Waals surface area (Å²) in [5.74, 6) is 0. The van der Waals surface area contributed by atoms with E-state index in [1.54, 1.807) is 0 Å². The zero-order valence-corrected chi connectivity index (χ0v) is 23.8. The van der Waals surface area contributed by atoms with Gasteiger partial charge in [0.05, 0.1) is 6.16 Å². The molecule has 4 rings (SSSR count). The molecule has 0 aliphatic heterocycles. The Balaban J connectivity index is 0.000000555. The third kappa shape index (κ3) is 8.41. The van der Waals surface area contributed by atoms with Gasteiger partial charge >= 0.3 is 52.7 Å². The van der Waals surface area contributed by atoms with E-state index in [1.165, 1.54) is 34.1 Å². The quantitative estimate of drug-likeness (QED) is 0.143. The van der Waals surface area contributed by atoms with E-state index in [0.29, 0.717) is 0 Å². The molecule has 0 aliphatic carbocycles. The molecular formula is C27H26BrCl3FeP. The van der Waals surface area contributed by atoms with Gasteiger partial charge in [0.25, 0.3) is 0 Å². The summed E-state index contributed by atoms with van der Waals surface area (Å²) in [5, 5.41) is 4.42. The van der Waals surface area contributed by atoms with Crippen LogP contribution >= 0.6 is 51.7 Å². The van der Waals surface area contributed by atoms with Crippen molar-refractivity contribution in [2.45, 2.75) is 12.8 Å². The minimum atomic E-state index is -2.27. The molecule has 0 unspecified atom stereocenters. The molecule has 0 aromatic heterocycles. The molecule has 0 nitrogen and oxygen atoms in total. The van der Waals surface area contributed by atoms with Crippen molar-refractivity contribution in [3.8, 4) is 0 Å². The Kier molecular flexibility index (Phi) is 10.8. The molecule has 0 saturated heterocycles. The van der Waals surface area contributed by atoms with Crippen LogP contribution < -0.4 is 15.9 Å². The third-order valence-corrected chi connectivity index (χ3v) is 9.92. The van der Waals surface area contributed by atoms with Gasteiger partial charge in [0.15, 0.2) is 0 Å². The van der Waals surface area contributed by atoms with Crippen molar-refractivity contribution in [3.63, 3.8) is 0 Å². The van der Waals surface area contributed by atoms with Crippen LogP contribution in [0.25, 0.3) is 0 Å². The van der Waals surface area contributed by atoms with Gasteiger partial charge in [-0.2, -0.15) is 0 Å². The van der Waals surface area contributed by atoms with Crippen LogP contribution in [-0.2, 0) is 14.7 Å². The van der Waals surface area contributed by atoms with Crippen LogP contribution in [0, 0.1) is 0 Å². The maximum Gasteiger partial charge on any atom is 0.112 e. The monoisotopic (exact) mass is 621 g/mol. The van der Waals surface area contributed by atoms with Crippen molar-refractivity contribution in [1.29, 1.82) is 0 Å². The van der Waals surface area contributed by atoms with E-state index in [0.717, 1.165) is 6.42 Å². The fraction of sp³-hybridized carbons (Fsp3) is 0.111. The van der Waals surface area contributed by atoms with E-state index in [1.807, 2.05) is 0 Å². The first-order valence-corrected chi connectivity index (χ1v) is 19.8. The molecule has 0 radical (unpaired) electrons. The normalized spacial score (nSPS) is 11.9. The molecule has 4 aromatic carbocycles. The van der Waals surface area contributed by atoms with Crippen LogP contribution in [0.1, 0.15) is 12.0 Å². The first-order valence-electron chi connectivity index (χ1n) is 10.5. The molecule has 33 heavy (non-hydrogen) atoms. The van der Waals surface area contributed by atoms with E-state index < -0.39 is 15.6 Å². The minimum Gasteiger partial charge on any atom is -0.0622 e. The summed E-state index contributed by atoms with van der Waals surface area (Å²) in [6.07, 6.45) is 3.48. The van der Waals surface area contributed by atoms with Gasteiger partial charge in [0, 0.05) is 0 Å². The average molecular weight is 624 g/mol. The third-order valence-electron chi connectivity index (χ3n) is 5.39. The van der Waals surface area contributed by atoms with Crippen molar-refractivity contribution < 1.29 is 8.30 Å². The van der Waals surface area contributed by atoms with Crippen molar-refractivity contribution in [1.82, 2.24) is 0 Å². The Morgan fingerprint density at radius 2 is 0.848 bits per heavy atom. The number of rotatable bonds is 7. The molecular weight excluding hydrogens is 597 g/mol. The second-order valence-corrected chi connectivity index (χ2v) is 26.1. The molecule has 0 saturated carbocycles. The Morgan fingerprint density at radius 3 is 1.18 bits per heavy atom. The fourth-order valence-corrected chi connectivity index (χ4v) is 8.39. The summed E-state index contributed by atoms with van der Waals surface area (Å²) in [7, 11) is 11.3. The van der Waals surface area contributed by atoms with Gasteiger partial charge < -0.3 is 0 Å². The maximum absolute atomic E-state index is 5.10. The van der Waals surface area contributed by atoms with E-state index >= 15 is 0 Å². The van der Waals surface area contributed by atoms with Crippen LogP contribution in [-0.4, -0.2) is 6.16 Å². The zero-order chi connectivity index (χ0) is 23.6. The fourth-order valence-electron chi connectivity index (χ4n) is 4.05. The van der Waals surface area contributed by atoms with Gasteiger partial charge in [0.1, 0.15) is 23.2 Å². The second kappa shape index (κ2) is 13.3. The zero-order valence-electron chi connectivity index (χ0n) is 18.0. The van der Waals surface area contributed by atoms with Gasteiger partial charge in [-0.05, 0) is 54.8 Å². The van der Waals surface area contributed by atoms with Gasteiger partial charge in [0.2, 0.25) is 0 Å². The average Bonchev–Trinajstić information content (AvgIpc) is 2.83. The second-order valence-electron chi connectivity index (χ2n) is 7.43. The van der Waals surface area contributed by atoms with Gasteiger partial charge in [-0.15, -0.1) is 0 Å². The van der Waals surface area contributed by atoms with Crippen molar-refractivity contribution in [2.75, 3.05) is 6.16 Å². The first-order chi connectivity index (χ1) is 15.9. The van der Waals surface area contributed by atoms with Crippen LogP contribution in [0.5, 0.6) is 0 Å². The Labute approximate surface area is 220 Å². The molecule has 0 heterocycles. The molecule has 6 heteroatoms. The largest absolute Gasteiger partial charge is 0.112 e. The number of hydrogen-bond donors (Lipinski definition) is 0. The minimum absolute atomic E-state index is 1.12. The Hall–Kier alpha value is -0.821. The van der Waals surface area contributed by atoms with Crippen LogP contribution in [0.2, 0.25) is 0 Å². The van der Waals surface area contributed by atoms with Gasteiger partial charge in [-0.1, -0.05) is 84.9 Å². The summed E-state index contributed by atoms with van der Waals surface area (Å²) >= 11 is 2.80. The van der Waals surface area contributed by atoms with Crippen molar-refractivity contribution in [3.05, 3.63) is 127 Å². The molecule has 0 amide bonds. The SMILES string of the molecule is [Cl][Fe-]([Cl])([Cl])[Br].c1ccc(CCC[P+](c2ccccc2)(c2ccccc2)c2ccccc2)cc1. The Bertz CT molecular complexity index is 973. The molecule has 4 aromatic rings. The number of benzene rings is 4. The van der Waals surface area contributed by atoms with E-state index in [4.69, 9.17) is 30.3 Å². The molecule has 0 spiro atoms. The number of halogens is 4. The smallest absolute Gasteiger partial charge is 0.0622 e. The summed E-state index contributed by atoms with van der Waals surface area (Å²) < 4.78 is 0. The molecule has 0 fully saturated rings. The summed E-state index contributed by atoms with van der Waals surface area (Å²) in [6.45, 7) is 0. The molecule has 0 bridgehead atoms. The van der Waals surface area contributed by atoms with Gasteiger partial charge in [-0.25, -0.2) is 0 Å². The van der Waals surface area contributed by atoms with E-state index in [9.17, 15) is 0 Å². The number of aryl methyl sites for hydroxylation is 1. The topological polar surface area (TPSA) is 0 Å². The molecule has 0 N–H and O–H groups in total. The van der Waals surface area contributed by atoms with E-state index in [2.05, 4.69) is 135 Å². The summed E-state index contributed by atoms with van der Waals surface area (Å²) in [5.41, 5.74) is 1.43. The van der Waals surface area contributed by atoms with Gasteiger partial charge in [-0.3, -0.25) is 0 Å². The van der Waals surface area contributed by atoms with Crippen molar-refractivity contribution >= 4 is 67.6 Å². The predicted molar refractivity (Wildman–Crippen MR) is 151 cm³/mol. The van der Waals surface area contributed by atoms with Crippen molar-refractivity contribution in [2.24, 2.45) is 0 Å². The maximum atomic E-state index is 5.10. The Morgan fingerprint density at radius 1 is 0.545 bits per heavy atom. The predicted octanol–water partition coefficient (Wildman–Crippen LogP) is 8.52. The van der Waals surface area contributed by atoms with Crippen LogP contribution in [0.15, 0.2) is 121 Å². The van der Waals surface area contributed by atoms with E-state index in [-0.39, 0.29) is 0 Å². The van der Waals surface area contributed by atoms with Crippen LogP contribution in [0.4, 0.5) is 0 Å². The van der Waals surface area contributed by atoms with Crippen LogP contribution in [0.3, 0.4) is 0 Å². The molecule has 0 aliphatic rings. The number of hydrogen-bond acceptors (Lipinski definition) is 0. The molecule has 175 valence electrons. The summed E-state index contributed by atoms with van der Waals surface area (Å²) in [4.78, 5) is 0. The standard InChI is InChI=1S/C27H26P.BrH.3ClH.Fe/c1-5-14-24(15-6-1)16-13-23-28(25-17-7-2-8-18-25,26-19-9-3-10-20-26)27-21-11-4-12-22-27;;;;;/h1-12,14-15,17-22H,13,16,23H2;4*1H;/q+1;;;;;+3/p-4. The first kappa shape index (κ1) is 26.8. The summed E-state index contributed by atoms with van der Waals surface area (Å²) in [6, 6.07) is 44.3.